The second-order valence-electron chi connectivity index (χ2n) is 8.46. The third-order valence-electron chi connectivity index (χ3n) is 6.34. The molecule has 3 aromatic heterocycles. The first kappa shape index (κ1) is 22.2. The van der Waals surface area contributed by atoms with Crippen molar-refractivity contribution >= 4 is 40.0 Å². The maximum Gasteiger partial charge on any atom is 0.312 e. The number of nitrogens with one attached hydrogen (secondary N) is 4. The van der Waals surface area contributed by atoms with Crippen LogP contribution in [0.4, 0.5) is 11.4 Å². The highest BCUT2D eigenvalue weighted by Crippen LogP contribution is 2.44. The summed E-state index contributed by atoms with van der Waals surface area (Å²) in [4.78, 5) is 40.8. The summed E-state index contributed by atoms with van der Waals surface area (Å²) in [5, 5.41) is 6.82. The number of rotatable bonds is 3. The molecule has 1 unspecified atom stereocenters. The van der Waals surface area contributed by atoms with E-state index in [1.165, 1.54) is 7.11 Å². The zero-order valence-corrected chi connectivity index (χ0v) is 19.9. The van der Waals surface area contributed by atoms with Crippen molar-refractivity contribution in [2.75, 3.05) is 25.6 Å². The number of aromatic amines is 2. The van der Waals surface area contributed by atoms with Gasteiger partial charge in [-0.25, -0.2) is 9.97 Å². The lowest BCUT2D eigenvalue weighted by Gasteiger charge is -2.23. The Morgan fingerprint density at radius 1 is 1.19 bits per heavy atom. The van der Waals surface area contributed by atoms with Crippen LogP contribution in [0.3, 0.4) is 0 Å². The van der Waals surface area contributed by atoms with Gasteiger partial charge in [0.25, 0.3) is 11.8 Å². The number of benzene rings is 1. The smallest absolute Gasteiger partial charge is 0.312 e. The third kappa shape index (κ3) is 3.57. The molecular formula is C25H21ClN6O4. The van der Waals surface area contributed by atoms with Crippen LogP contribution >= 0.6 is 11.6 Å². The van der Waals surface area contributed by atoms with Crippen molar-refractivity contribution in [1.29, 1.82) is 0 Å². The lowest BCUT2D eigenvalue weighted by atomic mass is 9.93. The predicted octanol–water partition coefficient (Wildman–Crippen LogP) is 3.88. The minimum Gasteiger partial charge on any atom is -0.493 e. The number of allylic oxidation sites excluding steroid dienone is 1. The minimum atomic E-state index is -0.469. The molecule has 4 bridgehead atoms. The molecule has 0 spiro atoms. The van der Waals surface area contributed by atoms with E-state index in [1.54, 1.807) is 24.4 Å². The Balaban J connectivity index is 1.66. The molecule has 0 radical (unpaired) electrons. The van der Waals surface area contributed by atoms with Gasteiger partial charge in [0.15, 0.2) is 11.4 Å². The molecule has 0 saturated heterocycles. The molecule has 2 aliphatic heterocycles. The Hall–Kier alpha value is -4.31. The van der Waals surface area contributed by atoms with E-state index in [9.17, 15) is 9.59 Å². The fraction of sp³-hybridized carbons (Fsp3) is 0.200. The van der Waals surface area contributed by atoms with Gasteiger partial charge in [0, 0.05) is 29.9 Å². The molecule has 11 heteroatoms. The minimum absolute atomic E-state index is 0.000270. The van der Waals surface area contributed by atoms with Crippen LogP contribution in [0.1, 0.15) is 28.4 Å². The highest BCUT2D eigenvalue weighted by atomic mass is 35.5. The van der Waals surface area contributed by atoms with Gasteiger partial charge >= 0.3 is 5.56 Å². The van der Waals surface area contributed by atoms with Gasteiger partial charge < -0.3 is 30.1 Å². The zero-order valence-electron chi connectivity index (χ0n) is 19.1. The molecule has 0 fully saturated rings. The summed E-state index contributed by atoms with van der Waals surface area (Å²) >= 11 is 6.37. The van der Waals surface area contributed by atoms with E-state index in [2.05, 4.69) is 30.6 Å². The fourth-order valence-corrected chi connectivity index (χ4v) is 4.92. The van der Waals surface area contributed by atoms with Gasteiger partial charge in [-0.15, -0.1) is 0 Å². The van der Waals surface area contributed by atoms with Crippen LogP contribution in [0.25, 0.3) is 22.4 Å². The molecule has 1 atom stereocenters. The normalized spacial score (nSPS) is 17.4. The predicted molar refractivity (Wildman–Crippen MR) is 136 cm³/mol. The van der Waals surface area contributed by atoms with E-state index in [1.807, 2.05) is 18.2 Å². The number of hydrogen-bond acceptors (Lipinski definition) is 7. The lowest BCUT2D eigenvalue weighted by Crippen LogP contribution is -2.34. The van der Waals surface area contributed by atoms with E-state index in [-0.39, 0.29) is 24.3 Å². The number of pyridine rings is 1. The molecule has 4 N–H and O–H groups in total. The number of methoxy groups -OCH3 is 1. The molecule has 4 aromatic rings. The second kappa shape index (κ2) is 8.72. The number of H-pyrrole nitrogens is 2. The molecule has 182 valence electrons. The fourth-order valence-electron chi connectivity index (χ4n) is 4.67. The molecule has 0 aliphatic carbocycles. The lowest BCUT2D eigenvalue weighted by molar-refractivity contribution is 0.0941. The summed E-state index contributed by atoms with van der Waals surface area (Å²) in [7, 11) is 1.53. The zero-order chi connectivity index (χ0) is 24.8. The first-order valence-corrected chi connectivity index (χ1v) is 11.7. The van der Waals surface area contributed by atoms with Crippen LogP contribution in [0.5, 0.6) is 11.6 Å². The van der Waals surface area contributed by atoms with Gasteiger partial charge in [-0.2, -0.15) is 0 Å². The van der Waals surface area contributed by atoms with E-state index >= 15 is 0 Å². The molecular weight excluding hydrogens is 484 g/mol. The van der Waals surface area contributed by atoms with Crippen molar-refractivity contribution < 1.29 is 14.3 Å². The Labute approximate surface area is 209 Å². The van der Waals surface area contributed by atoms with Gasteiger partial charge in [-0.3, -0.25) is 9.59 Å². The maximum atomic E-state index is 13.2. The van der Waals surface area contributed by atoms with Crippen molar-refractivity contribution in [2.45, 2.75) is 12.3 Å². The van der Waals surface area contributed by atoms with Gasteiger partial charge in [0.05, 0.1) is 34.8 Å². The quantitative estimate of drug-likeness (QED) is 0.311. The van der Waals surface area contributed by atoms with Gasteiger partial charge in [0.1, 0.15) is 12.1 Å². The summed E-state index contributed by atoms with van der Waals surface area (Å²) in [5.74, 6) is 0.190. The number of halogens is 1. The Kier molecular flexibility index (Phi) is 5.37. The SMILES string of the molecule is COc1c(Cl)cccc1Nc1c2[nH]c3c1C(=O)NCC3C/C=C\COc1nc3c-2ccnc3[nH]c1=O. The van der Waals surface area contributed by atoms with Gasteiger partial charge in [0.2, 0.25) is 0 Å². The largest absolute Gasteiger partial charge is 0.493 e. The number of nitrogens with zero attached hydrogens (tertiary/aromatic N) is 2. The van der Waals surface area contributed by atoms with E-state index in [0.717, 1.165) is 5.69 Å². The summed E-state index contributed by atoms with van der Waals surface area (Å²) in [5.41, 5.74) is 3.94. The molecule has 5 heterocycles. The van der Waals surface area contributed by atoms with Crippen molar-refractivity contribution in [3.05, 3.63) is 69.2 Å². The number of para-hydroxylation sites is 1. The number of amides is 1. The first-order valence-electron chi connectivity index (χ1n) is 11.4. The van der Waals surface area contributed by atoms with Gasteiger partial charge in [-0.1, -0.05) is 29.8 Å². The van der Waals surface area contributed by atoms with Crippen molar-refractivity contribution in [3.63, 3.8) is 0 Å². The molecule has 36 heavy (non-hydrogen) atoms. The number of ether oxygens (including phenoxy) is 2. The highest BCUT2D eigenvalue weighted by Gasteiger charge is 2.33. The number of hydrogen-bond donors (Lipinski definition) is 4. The molecule has 2 aliphatic rings. The number of carbonyl (C=O) groups excluding carboxylic acids is 1. The van der Waals surface area contributed by atoms with Crippen LogP contribution < -0.4 is 25.7 Å². The van der Waals surface area contributed by atoms with Crippen molar-refractivity contribution in [3.8, 4) is 22.9 Å². The summed E-state index contributed by atoms with van der Waals surface area (Å²) in [6.45, 7) is 0.673. The Morgan fingerprint density at radius 2 is 2.08 bits per heavy atom. The third-order valence-corrected chi connectivity index (χ3v) is 6.64. The van der Waals surface area contributed by atoms with Crippen LogP contribution in [0.15, 0.2) is 47.4 Å². The Bertz CT molecular complexity index is 1610. The first-order chi connectivity index (χ1) is 17.5. The van der Waals surface area contributed by atoms with Crippen LogP contribution in [0, 0.1) is 0 Å². The number of fused-ring (bicyclic) bond motifs is 3. The molecule has 10 nitrogen and oxygen atoms in total. The number of anilines is 2. The van der Waals surface area contributed by atoms with Crippen LogP contribution in [0.2, 0.25) is 5.02 Å². The standard InChI is InChI=1S/C25H21ClN6O4/c1-35-21-14(26)6-4-7-15(21)29-20-16-17-12(11-28-23(16)33)5-2-3-10-36-25-24(34)32-22-19(31-25)13(8-9-27-22)18(20)30-17/h2-4,6-9,12,29-30H,5,10-11H2,1H3,(H,28,33)(H,27,32,34)/b3-2-. The summed E-state index contributed by atoms with van der Waals surface area (Å²) in [6, 6.07) is 7.12. The topological polar surface area (TPSA) is 134 Å². The van der Waals surface area contributed by atoms with Crippen LogP contribution in [-0.2, 0) is 0 Å². The maximum absolute atomic E-state index is 13.2. The molecule has 6 rings (SSSR count). The number of carbonyl (C=O) groups is 1. The van der Waals surface area contributed by atoms with Crippen molar-refractivity contribution in [2.24, 2.45) is 0 Å². The Morgan fingerprint density at radius 3 is 2.94 bits per heavy atom. The number of aromatic nitrogens is 4. The highest BCUT2D eigenvalue weighted by molar-refractivity contribution is 6.32. The van der Waals surface area contributed by atoms with E-state index < -0.39 is 5.56 Å². The van der Waals surface area contributed by atoms with Crippen LogP contribution in [-0.4, -0.2) is 46.1 Å². The summed E-state index contributed by atoms with van der Waals surface area (Å²) < 4.78 is 11.2. The average Bonchev–Trinajstić information content (AvgIpc) is 3.25. The van der Waals surface area contributed by atoms with Gasteiger partial charge in [-0.05, 0) is 24.6 Å². The molecule has 1 amide bonds. The van der Waals surface area contributed by atoms with Crippen molar-refractivity contribution in [1.82, 2.24) is 25.3 Å². The molecule has 1 aromatic carbocycles. The summed E-state index contributed by atoms with van der Waals surface area (Å²) in [6.07, 6.45) is 6.04. The monoisotopic (exact) mass is 504 g/mol. The average molecular weight is 505 g/mol. The second-order valence-corrected chi connectivity index (χ2v) is 8.87. The van der Waals surface area contributed by atoms with E-state index in [0.29, 0.717) is 63.1 Å². The molecule has 0 saturated carbocycles. The van der Waals surface area contributed by atoms with E-state index in [4.69, 9.17) is 21.1 Å².